The van der Waals surface area contributed by atoms with Gasteiger partial charge in [-0.25, -0.2) is 9.36 Å². The van der Waals surface area contributed by atoms with Crippen LogP contribution in [0.1, 0.15) is 13.8 Å². The highest BCUT2D eigenvalue weighted by atomic mass is 31.2. The van der Waals surface area contributed by atoms with E-state index in [-0.39, 0.29) is 6.61 Å². The number of phosphoric ester groups is 1. The van der Waals surface area contributed by atoms with Crippen LogP contribution in [0.3, 0.4) is 0 Å². The van der Waals surface area contributed by atoms with Crippen LogP contribution in [0, 0.1) is 0 Å². The van der Waals surface area contributed by atoms with Gasteiger partial charge in [-0.15, -0.1) is 0 Å². The van der Waals surface area contributed by atoms with Gasteiger partial charge in [0.15, 0.2) is 0 Å². The maximum absolute atomic E-state index is 10.9. The van der Waals surface area contributed by atoms with E-state index in [0.29, 0.717) is 0 Å². The number of esters is 1. The van der Waals surface area contributed by atoms with Gasteiger partial charge < -0.3 is 9.26 Å². The highest BCUT2D eigenvalue weighted by molar-refractivity contribution is 7.46. The molecular weight excluding hydrogens is 199 g/mol. The number of carbonyl (C=O) groups is 1. The molecule has 76 valence electrons. The zero-order valence-corrected chi connectivity index (χ0v) is 8.15. The average molecular weight is 210 g/mol. The van der Waals surface area contributed by atoms with E-state index in [9.17, 15) is 9.36 Å². The Balaban J connectivity index is 4.38. The van der Waals surface area contributed by atoms with Gasteiger partial charge in [0.1, 0.15) is 0 Å². The topological polar surface area (TPSA) is 93.1 Å². The first-order valence-electron chi connectivity index (χ1n) is 3.49. The Bertz CT molecular complexity index is 252. The quantitative estimate of drug-likeness (QED) is 0.305. The smallest absolute Gasteiger partial charge is 0.460 e. The molecule has 0 saturated heterocycles. The SMILES string of the molecule is CC=C(OP(=O)(O)O)C(=O)OCC. The van der Waals surface area contributed by atoms with Crippen molar-refractivity contribution in [1.29, 1.82) is 0 Å². The Morgan fingerprint density at radius 1 is 1.54 bits per heavy atom. The molecule has 7 heteroatoms. The molecule has 6 nitrogen and oxygen atoms in total. The van der Waals surface area contributed by atoms with Crippen LogP contribution in [-0.2, 0) is 18.6 Å². The van der Waals surface area contributed by atoms with Gasteiger partial charge in [-0.3, -0.25) is 9.79 Å². The zero-order valence-electron chi connectivity index (χ0n) is 7.26. The molecule has 0 fully saturated rings. The summed E-state index contributed by atoms with van der Waals surface area (Å²) < 4.78 is 18.9. The maximum atomic E-state index is 10.9. The van der Waals surface area contributed by atoms with E-state index in [0.717, 1.165) is 6.08 Å². The lowest BCUT2D eigenvalue weighted by atomic mass is 10.5. The van der Waals surface area contributed by atoms with Crippen LogP contribution in [0.15, 0.2) is 11.8 Å². The summed E-state index contributed by atoms with van der Waals surface area (Å²) >= 11 is 0. The second-order valence-electron chi connectivity index (χ2n) is 1.96. The number of phosphoric acid groups is 1. The molecule has 0 aromatic heterocycles. The fraction of sp³-hybridized carbons (Fsp3) is 0.500. The van der Waals surface area contributed by atoms with Crippen molar-refractivity contribution < 1.29 is 28.4 Å². The predicted octanol–water partition coefficient (Wildman–Crippen LogP) is 0.563. The molecule has 0 aliphatic rings. The molecule has 13 heavy (non-hydrogen) atoms. The molecule has 0 unspecified atom stereocenters. The fourth-order valence-electron chi connectivity index (χ4n) is 0.538. The molecule has 0 aromatic rings. The van der Waals surface area contributed by atoms with Crippen molar-refractivity contribution in [2.75, 3.05) is 6.61 Å². The standard InChI is InChI=1S/C6H11O6P/c1-3-5(6(7)11-4-2)12-13(8,9)10/h3H,4H2,1-2H3,(H2,8,9,10). The highest BCUT2D eigenvalue weighted by Crippen LogP contribution is 2.38. The maximum Gasteiger partial charge on any atom is 0.525 e. The van der Waals surface area contributed by atoms with Crippen LogP contribution in [0.2, 0.25) is 0 Å². The van der Waals surface area contributed by atoms with Crippen LogP contribution < -0.4 is 0 Å². The van der Waals surface area contributed by atoms with E-state index in [4.69, 9.17) is 9.79 Å². The van der Waals surface area contributed by atoms with Gasteiger partial charge in [-0.05, 0) is 19.9 Å². The Hall–Kier alpha value is -0.840. The number of carbonyl (C=O) groups excluding carboxylic acids is 1. The van der Waals surface area contributed by atoms with Gasteiger partial charge in [0.05, 0.1) is 6.61 Å². The average Bonchev–Trinajstić information content (AvgIpc) is 1.99. The lowest BCUT2D eigenvalue weighted by Gasteiger charge is -2.08. The van der Waals surface area contributed by atoms with E-state index < -0.39 is 19.6 Å². The lowest BCUT2D eigenvalue weighted by Crippen LogP contribution is -2.09. The lowest BCUT2D eigenvalue weighted by molar-refractivity contribution is -0.141. The summed E-state index contributed by atoms with van der Waals surface area (Å²) in [4.78, 5) is 27.6. The van der Waals surface area contributed by atoms with Crippen LogP contribution in [-0.4, -0.2) is 22.4 Å². The summed E-state index contributed by atoms with van der Waals surface area (Å²) in [5.41, 5.74) is 0. The van der Waals surface area contributed by atoms with Gasteiger partial charge in [0.25, 0.3) is 0 Å². The first kappa shape index (κ1) is 12.2. The van der Waals surface area contributed by atoms with Gasteiger partial charge in [0.2, 0.25) is 5.76 Å². The predicted molar refractivity (Wildman–Crippen MR) is 43.5 cm³/mol. The van der Waals surface area contributed by atoms with E-state index in [1.54, 1.807) is 6.92 Å². The van der Waals surface area contributed by atoms with Gasteiger partial charge in [0, 0.05) is 0 Å². The molecule has 0 aromatic carbocycles. The number of hydrogen-bond acceptors (Lipinski definition) is 4. The molecule has 0 heterocycles. The second-order valence-corrected chi connectivity index (χ2v) is 3.12. The number of allylic oxidation sites excluding steroid dienone is 1. The van der Waals surface area contributed by atoms with Gasteiger partial charge >= 0.3 is 13.8 Å². The first-order valence-corrected chi connectivity index (χ1v) is 5.02. The summed E-state index contributed by atoms with van der Waals surface area (Å²) in [7, 11) is -4.69. The fourth-order valence-corrected chi connectivity index (χ4v) is 0.974. The third kappa shape index (κ3) is 5.41. The molecule has 0 spiro atoms. The first-order chi connectivity index (χ1) is 5.90. The summed E-state index contributed by atoms with van der Waals surface area (Å²) in [5, 5.41) is 0. The second kappa shape index (κ2) is 5.01. The Morgan fingerprint density at radius 2 is 2.08 bits per heavy atom. The van der Waals surface area contributed by atoms with Crippen LogP contribution in [0.5, 0.6) is 0 Å². The van der Waals surface area contributed by atoms with E-state index in [1.165, 1.54) is 6.92 Å². The molecule has 0 bridgehead atoms. The molecule has 0 radical (unpaired) electrons. The van der Waals surface area contributed by atoms with E-state index >= 15 is 0 Å². The van der Waals surface area contributed by atoms with Crippen molar-refractivity contribution in [2.45, 2.75) is 13.8 Å². The molecule has 2 N–H and O–H groups in total. The van der Waals surface area contributed by atoms with Crippen LogP contribution >= 0.6 is 7.82 Å². The minimum atomic E-state index is -4.69. The van der Waals surface area contributed by atoms with Crippen LogP contribution in [0.4, 0.5) is 0 Å². The van der Waals surface area contributed by atoms with E-state index in [1.807, 2.05) is 0 Å². The van der Waals surface area contributed by atoms with E-state index in [2.05, 4.69) is 9.26 Å². The van der Waals surface area contributed by atoms with Crippen molar-refractivity contribution in [3.05, 3.63) is 11.8 Å². The summed E-state index contributed by atoms with van der Waals surface area (Å²) in [6.07, 6.45) is 1.12. The molecular formula is C6H11O6P. The summed E-state index contributed by atoms with van der Waals surface area (Å²) in [6.45, 7) is 3.09. The van der Waals surface area contributed by atoms with Gasteiger partial charge in [-0.2, -0.15) is 0 Å². The molecule has 0 aliphatic carbocycles. The van der Waals surface area contributed by atoms with Crippen molar-refractivity contribution in [1.82, 2.24) is 0 Å². The normalized spacial score (nSPS) is 12.5. The van der Waals surface area contributed by atoms with Gasteiger partial charge in [-0.1, -0.05) is 0 Å². The Morgan fingerprint density at radius 3 is 2.38 bits per heavy atom. The Labute approximate surface area is 75.4 Å². The van der Waals surface area contributed by atoms with Crippen molar-refractivity contribution >= 4 is 13.8 Å². The van der Waals surface area contributed by atoms with Crippen LogP contribution in [0.25, 0.3) is 0 Å². The Kier molecular flexibility index (Phi) is 4.69. The molecule has 0 aliphatic heterocycles. The third-order valence-electron chi connectivity index (χ3n) is 0.956. The third-order valence-corrected chi connectivity index (χ3v) is 1.39. The van der Waals surface area contributed by atoms with Crippen molar-refractivity contribution in [3.63, 3.8) is 0 Å². The molecule has 0 amide bonds. The number of rotatable bonds is 4. The minimum Gasteiger partial charge on any atom is -0.460 e. The summed E-state index contributed by atoms with van der Waals surface area (Å²) in [6, 6.07) is 0. The molecule has 0 saturated carbocycles. The zero-order chi connectivity index (χ0) is 10.5. The molecule has 0 rings (SSSR count). The monoisotopic (exact) mass is 210 g/mol. The number of hydrogen-bond donors (Lipinski definition) is 2. The van der Waals surface area contributed by atoms with Crippen molar-refractivity contribution in [2.24, 2.45) is 0 Å². The van der Waals surface area contributed by atoms with Crippen molar-refractivity contribution in [3.8, 4) is 0 Å². The highest BCUT2D eigenvalue weighted by Gasteiger charge is 2.22. The minimum absolute atomic E-state index is 0.112. The molecule has 0 atom stereocenters. The summed E-state index contributed by atoms with van der Waals surface area (Å²) in [5.74, 6) is -1.39. The largest absolute Gasteiger partial charge is 0.525 e. The number of ether oxygens (including phenoxy) is 1.